The van der Waals surface area contributed by atoms with Gasteiger partial charge >= 0.3 is 0 Å². The molecule has 2 N–H and O–H groups in total. The minimum absolute atomic E-state index is 0.137. The van der Waals surface area contributed by atoms with Gasteiger partial charge in [-0.2, -0.15) is 0 Å². The molecule has 0 unspecified atom stereocenters. The van der Waals surface area contributed by atoms with E-state index >= 15 is 0 Å². The van der Waals surface area contributed by atoms with Crippen molar-refractivity contribution in [3.63, 3.8) is 0 Å². The topological polar surface area (TPSA) is 72.2 Å². The van der Waals surface area contributed by atoms with Crippen LogP contribution < -0.4 is 5.73 Å². The standard InChI is InChI=1S/C12H21NO5/c1-10(2)15-7-5-14-12(6-13)9(8(7)16-10)17-11(3,4)18-12/h7-9H,5-6,13H2,1-4H3/t7-,8+,9-,12-/m1/s1. The maximum absolute atomic E-state index is 5.92. The molecule has 3 saturated heterocycles. The van der Waals surface area contributed by atoms with Crippen molar-refractivity contribution in [2.75, 3.05) is 13.2 Å². The Hall–Kier alpha value is -0.240. The van der Waals surface area contributed by atoms with E-state index in [1.807, 2.05) is 27.7 Å². The fraction of sp³-hybridized carbons (Fsp3) is 1.00. The predicted molar refractivity (Wildman–Crippen MR) is 61.6 cm³/mol. The second kappa shape index (κ2) is 3.65. The Kier molecular flexibility index (Phi) is 2.59. The lowest BCUT2D eigenvalue weighted by molar-refractivity contribution is -0.274. The van der Waals surface area contributed by atoms with Gasteiger partial charge in [-0.1, -0.05) is 0 Å². The molecule has 3 rings (SSSR count). The second-order valence-electron chi connectivity index (χ2n) is 6.01. The molecule has 6 nitrogen and oxygen atoms in total. The first-order chi connectivity index (χ1) is 8.27. The van der Waals surface area contributed by atoms with Crippen LogP contribution in [0.25, 0.3) is 0 Å². The van der Waals surface area contributed by atoms with E-state index in [2.05, 4.69) is 0 Å². The van der Waals surface area contributed by atoms with Crippen molar-refractivity contribution < 1.29 is 23.7 Å². The molecule has 0 aromatic carbocycles. The van der Waals surface area contributed by atoms with Crippen molar-refractivity contribution >= 4 is 0 Å². The summed E-state index contributed by atoms with van der Waals surface area (Å²) in [6.07, 6.45) is -0.709. The van der Waals surface area contributed by atoms with Gasteiger partial charge in [-0.25, -0.2) is 0 Å². The Morgan fingerprint density at radius 1 is 1.06 bits per heavy atom. The third-order valence-electron chi connectivity index (χ3n) is 3.56. The van der Waals surface area contributed by atoms with E-state index in [1.165, 1.54) is 0 Å². The van der Waals surface area contributed by atoms with Crippen molar-refractivity contribution in [3.8, 4) is 0 Å². The zero-order valence-electron chi connectivity index (χ0n) is 11.3. The highest BCUT2D eigenvalue weighted by Gasteiger charge is 2.64. The molecule has 3 aliphatic heterocycles. The van der Waals surface area contributed by atoms with Crippen LogP contribution in [0.4, 0.5) is 0 Å². The van der Waals surface area contributed by atoms with Crippen LogP contribution in [0.3, 0.4) is 0 Å². The number of hydrogen-bond donors (Lipinski definition) is 1. The maximum atomic E-state index is 5.92. The number of rotatable bonds is 1. The number of fused-ring (bicyclic) bond motifs is 3. The molecular weight excluding hydrogens is 238 g/mol. The van der Waals surface area contributed by atoms with Gasteiger partial charge in [-0.3, -0.25) is 0 Å². The summed E-state index contributed by atoms with van der Waals surface area (Å²) >= 11 is 0. The van der Waals surface area contributed by atoms with Crippen molar-refractivity contribution in [2.45, 2.75) is 63.4 Å². The predicted octanol–water partition coefficient (Wildman–Crippen LogP) is 0.343. The highest BCUT2D eigenvalue weighted by atomic mass is 16.9. The minimum Gasteiger partial charge on any atom is -0.343 e. The Labute approximate surface area is 107 Å². The van der Waals surface area contributed by atoms with Crippen LogP contribution in [0.2, 0.25) is 0 Å². The van der Waals surface area contributed by atoms with Gasteiger partial charge in [-0.15, -0.1) is 0 Å². The van der Waals surface area contributed by atoms with Crippen molar-refractivity contribution in [1.82, 2.24) is 0 Å². The molecule has 0 aromatic rings. The van der Waals surface area contributed by atoms with Crippen LogP contribution >= 0.6 is 0 Å². The largest absolute Gasteiger partial charge is 0.343 e. The van der Waals surface area contributed by atoms with Crippen LogP contribution in [0, 0.1) is 0 Å². The Morgan fingerprint density at radius 3 is 2.44 bits per heavy atom. The maximum Gasteiger partial charge on any atom is 0.213 e. The van der Waals surface area contributed by atoms with E-state index < -0.39 is 17.4 Å². The normalized spacial score (nSPS) is 48.8. The van der Waals surface area contributed by atoms with Gasteiger partial charge in [0.2, 0.25) is 5.79 Å². The summed E-state index contributed by atoms with van der Waals surface area (Å²) < 4.78 is 29.3. The lowest BCUT2D eigenvalue weighted by atomic mass is 9.97. The molecule has 18 heavy (non-hydrogen) atoms. The first kappa shape index (κ1) is 12.8. The van der Waals surface area contributed by atoms with E-state index in [-0.39, 0.29) is 24.9 Å². The van der Waals surface area contributed by atoms with Crippen molar-refractivity contribution in [1.29, 1.82) is 0 Å². The average Bonchev–Trinajstić information content (AvgIpc) is 2.70. The Balaban J connectivity index is 1.90. The summed E-state index contributed by atoms with van der Waals surface area (Å²) in [4.78, 5) is 0. The first-order valence-electron chi connectivity index (χ1n) is 6.35. The van der Waals surface area contributed by atoms with E-state index in [1.54, 1.807) is 0 Å². The highest BCUT2D eigenvalue weighted by Crippen LogP contribution is 2.46. The van der Waals surface area contributed by atoms with Crippen LogP contribution in [0.5, 0.6) is 0 Å². The molecule has 104 valence electrons. The molecule has 4 atom stereocenters. The van der Waals surface area contributed by atoms with Gasteiger partial charge in [0.15, 0.2) is 11.6 Å². The van der Waals surface area contributed by atoms with Gasteiger partial charge in [-0.05, 0) is 27.7 Å². The summed E-state index contributed by atoms with van der Waals surface area (Å²) in [5.41, 5.74) is 5.82. The molecule has 3 aliphatic rings. The third kappa shape index (κ3) is 1.79. The molecule has 3 fully saturated rings. The van der Waals surface area contributed by atoms with Crippen LogP contribution in [-0.2, 0) is 23.7 Å². The molecule has 0 amide bonds. The van der Waals surface area contributed by atoms with Gasteiger partial charge in [0.25, 0.3) is 0 Å². The quantitative estimate of drug-likeness (QED) is 0.732. The lowest BCUT2D eigenvalue weighted by Gasteiger charge is -2.39. The number of ether oxygens (including phenoxy) is 5. The van der Waals surface area contributed by atoms with Crippen LogP contribution in [0.1, 0.15) is 27.7 Å². The van der Waals surface area contributed by atoms with Crippen molar-refractivity contribution in [3.05, 3.63) is 0 Å². The van der Waals surface area contributed by atoms with Gasteiger partial charge < -0.3 is 29.4 Å². The van der Waals surface area contributed by atoms with E-state index in [4.69, 9.17) is 29.4 Å². The van der Waals surface area contributed by atoms with Crippen LogP contribution in [0.15, 0.2) is 0 Å². The van der Waals surface area contributed by atoms with Gasteiger partial charge in [0, 0.05) is 0 Å². The van der Waals surface area contributed by atoms with E-state index in [0.29, 0.717) is 6.61 Å². The molecule has 0 spiro atoms. The molecule has 0 radical (unpaired) electrons. The summed E-state index contributed by atoms with van der Waals surface area (Å²) in [5.74, 6) is -2.27. The van der Waals surface area contributed by atoms with Gasteiger partial charge in [0.1, 0.15) is 18.3 Å². The minimum atomic E-state index is -0.922. The lowest BCUT2D eigenvalue weighted by Crippen LogP contribution is -2.61. The fourth-order valence-corrected chi connectivity index (χ4v) is 3.01. The Morgan fingerprint density at radius 2 is 1.78 bits per heavy atom. The monoisotopic (exact) mass is 259 g/mol. The molecule has 0 aromatic heterocycles. The summed E-state index contributed by atoms with van der Waals surface area (Å²) in [7, 11) is 0. The zero-order valence-corrected chi connectivity index (χ0v) is 11.3. The smallest absolute Gasteiger partial charge is 0.213 e. The first-order valence-corrected chi connectivity index (χ1v) is 6.35. The molecular formula is C12H21NO5. The molecule has 6 heteroatoms. The zero-order chi connectivity index (χ0) is 13.2. The fourth-order valence-electron chi connectivity index (χ4n) is 3.01. The molecule has 0 bridgehead atoms. The SMILES string of the molecule is CC1(C)O[C@@H]2[C@H]3OC(C)(C)O[C@@]3(CN)OC[C@H]2O1. The van der Waals surface area contributed by atoms with Crippen LogP contribution in [-0.4, -0.2) is 48.8 Å². The Bertz CT molecular complexity index is 358. The molecule has 3 heterocycles. The van der Waals surface area contributed by atoms with Gasteiger partial charge in [0.05, 0.1) is 13.2 Å². The number of hydrogen-bond acceptors (Lipinski definition) is 6. The number of nitrogens with two attached hydrogens (primary N) is 1. The van der Waals surface area contributed by atoms with E-state index in [0.717, 1.165) is 0 Å². The summed E-state index contributed by atoms with van der Waals surface area (Å²) in [5, 5.41) is 0. The summed E-state index contributed by atoms with van der Waals surface area (Å²) in [6, 6.07) is 0. The highest BCUT2D eigenvalue weighted by molar-refractivity contribution is 5.03. The second-order valence-corrected chi connectivity index (χ2v) is 6.01. The van der Waals surface area contributed by atoms with Crippen molar-refractivity contribution in [2.24, 2.45) is 5.73 Å². The van der Waals surface area contributed by atoms with E-state index in [9.17, 15) is 0 Å². The summed E-state index contributed by atoms with van der Waals surface area (Å²) in [6.45, 7) is 8.10. The molecule has 0 aliphatic carbocycles. The molecule has 0 saturated carbocycles. The average molecular weight is 259 g/mol. The third-order valence-corrected chi connectivity index (χ3v) is 3.56.